The van der Waals surface area contributed by atoms with Gasteiger partial charge in [-0.15, -0.1) is 0 Å². The van der Waals surface area contributed by atoms with Crippen LogP contribution in [0.1, 0.15) is 16.8 Å². The van der Waals surface area contributed by atoms with Crippen molar-refractivity contribution in [2.24, 2.45) is 0 Å². The molecule has 1 rings (SSSR count). The van der Waals surface area contributed by atoms with Crippen LogP contribution in [0.3, 0.4) is 0 Å². The minimum Gasteiger partial charge on any atom is -0.383 e. The van der Waals surface area contributed by atoms with Gasteiger partial charge in [0.25, 0.3) is 5.91 Å². The first-order chi connectivity index (χ1) is 8.58. The van der Waals surface area contributed by atoms with Crippen molar-refractivity contribution in [3.05, 3.63) is 35.4 Å². The van der Waals surface area contributed by atoms with Gasteiger partial charge < -0.3 is 10.1 Å². The van der Waals surface area contributed by atoms with Gasteiger partial charge in [-0.25, -0.2) is 8.78 Å². The Morgan fingerprint density at radius 1 is 1.44 bits per heavy atom. The van der Waals surface area contributed by atoms with E-state index in [2.05, 4.69) is 21.2 Å². The van der Waals surface area contributed by atoms with Crippen molar-refractivity contribution in [2.45, 2.75) is 12.5 Å². The maximum Gasteiger partial charge on any atom is 0.251 e. The third-order valence-corrected chi connectivity index (χ3v) is 2.80. The zero-order valence-electron chi connectivity index (χ0n) is 9.88. The van der Waals surface area contributed by atoms with E-state index in [1.54, 1.807) is 0 Å². The quantitative estimate of drug-likeness (QED) is 0.817. The summed E-state index contributed by atoms with van der Waals surface area (Å²) in [5, 5.41) is 3.41. The van der Waals surface area contributed by atoms with Crippen molar-refractivity contribution in [1.82, 2.24) is 5.32 Å². The average molecular weight is 322 g/mol. The van der Waals surface area contributed by atoms with Crippen LogP contribution in [0.25, 0.3) is 0 Å². The Labute approximate surface area is 113 Å². The van der Waals surface area contributed by atoms with Crippen LogP contribution in [0.2, 0.25) is 0 Å². The zero-order chi connectivity index (χ0) is 13.5. The molecule has 1 aromatic carbocycles. The van der Waals surface area contributed by atoms with E-state index in [9.17, 15) is 13.6 Å². The van der Waals surface area contributed by atoms with Crippen LogP contribution in [0.4, 0.5) is 8.78 Å². The number of rotatable bonds is 6. The summed E-state index contributed by atoms with van der Waals surface area (Å²) in [5.41, 5.74) is 0.0876. The van der Waals surface area contributed by atoms with E-state index >= 15 is 0 Å². The van der Waals surface area contributed by atoms with Gasteiger partial charge in [-0.05, 0) is 24.6 Å². The lowest BCUT2D eigenvalue weighted by atomic mass is 10.1. The Hall–Kier alpha value is -1.01. The summed E-state index contributed by atoms with van der Waals surface area (Å²) >= 11 is 3.27. The predicted molar refractivity (Wildman–Crippen MR) is 67.9 cm³/mol. The van der Waals surface area contributed by atoms with Crippen LogP contribution in [0.5, 0.6) is 0 Å². The molecule has 1 amide bonds. The van der Waals surface area contributed by atoms with E-state index in [0.717, 1.165) is 12.1 Å². The van der Waals surface area contributed by atoms with Crippen molar-refractivity contribution >= 4 is 21.8 Å². The molecule has 3 nitrogen and oxygen atoms in total. The summed E-state index contributed by atoms with van der Waals surface area (Å²) in [7, 11) is 1.53. The molecule has 100 valence electrons. The van der Waals surface area contributed by atoms with Crippen LogP contribution in [-0.4, -0.2) is 31.0 Å². The van der Waals surface area contributed by atoms with Crippen LogP contribution < -0.4 is 5.32 Å². The fraction of sp³-hybridized carbons (Fsp3) is 0.417. The number of nitrogens with one attached hydrogen (secondary N) is 1. The standard InChI is InChI=1S/C12H14BrF2NO2/c1-18-7-9(4-5-13)16-12(17)8-2-3-10(14)11(15)6-8/h2-3,6,9H,4-5,7H2,1H3,(H,16,17). The lowest BCUT2D eigenvalue weighted by molar-refractivity contribution is 0.0895. The van der Waals surface area contributed by atoms with Gasteiger partial charge in [0.15, 0.2) is 11.6 Å². The second-order valence-electron chi connectivity index (χ2n) is 3.73. The normalized spacial score (nSPS) is 12.2. The molecule has 0 fully saturated rings. The number of ether oxygens (including phenoxy) is 1. The molecule has 0 aliphatic heterocycles. The van der Waals surface area contributed by atoms with Crippen molar-refractivity contribution in [1.29, 1.82) is 0 Å². The number of hydrogen-bond donors (Lipinski definition) is 1. The fourth-order valence-electron chi connectivity index (χ4n) is 1.44. The molecule has 1 N–H and O–H groups in total. The summed E-state index contributed by atoms with van der Waals surface area (Å²) in [6.07, 6.45) is 0.684. The lowest BCUT2D eigenvalue weighted by Gasteiger charge is -2.16. The maximum absolute atomic E-state index is 13.0. The molecule has 6 heteroatoms. The third kappa shape index (κ3) is 4.34. The summed E-state index contributed by atoms with van der Waals surface area (Å²) in [4.78, 5) is 11.8. The van der Waals surface area contributed by atoms with E-state index in [0.29, 0.717) is 18.4 Å². The van der Waals surface area contributed by atoms with Gasteiger partial charge in [-0.3, -0.25) is 4.79 Å². The number of carbonyl (C=O) groups is 1. The third-order valence-electron chi connectivity index (χ3n) is 2.34. The summed E-state index contributed by atoms with van der Waals surface area (Å²) in [6, 6.07) is 2.88. The number of hydrogen-bond acceptors (Lipinski definition) is 2. The molecule has 0 aromatic heterocycles. The largest absolute Gasteiger partial charge is 0.383 e. The lowest BCUT2D eigenvalue weighted by Crippen LogP contribution is -2.38. The number of methoxy groups -OCH3 is 1. The monoisotopic (exact) mass is 321 g/mol. The predicted octanol–water partition coefficient (Wildman–Crippen LogP) is 2.49. The molecule has 1 unspecified atom stereocenters. The zero-order valence-corrected chi connectivity index (χ0v) is 11.5. The fourth-order valence-corrected chi connectivity index (χ4v) is 1.99. The highest BCUT2D eigenvalue weighted by molar-refractivity contribution is 9.09. The second kappa shape index (κ2) is 7.43. The van der Waals surface area contributed by atoms with Crippen LogP contribution in [-0.2, 0) is 4.74 Å². The molecular weight excluding hydrogens is 308 g/mol. The topological polar surface area (TPSA) is 38.3 Å². The van der Waals surface area contributed by atoms with Crippen molar-refractivity contribution in [2.75, 3.05) is 19.0 Å². The Balaban J connectivity index is 2.70. The molecular formula is C12H14BrF2NO2. The Morgan fingerprint density at radius 3 is 2.72 bits per heavy atom. The molecule has 0 bridgehead atoms. The molecule has 0 aliphatic rings. The SMILES string of the molecule is COCC(CCBr)NC(=O)c1ccc(F)c(F)c1. The van der Waals surface area contributed by atoms with Gasteiger partial charge in [0.1, 0.15) is 0 Å². The molecule has 1 atom stereocenters. The van der Waals surface area contributed by atoms with Gasteiger partial charge in [0.05, 0.1) is 12.6 Å². The van der Waals surface area contributed by atoms with Gasteiger partial charge in [-0.1, -0.05) is 15.9 Å². The first-order valence-electron chi connectivity index (χ1n) is 5.39. The summed E-state index contributed by atoms with van der Waals surface area (Å²) < 4.78 is 30.7. The number of halogens is 3. The smallest absolute Gasteiger partial charge is 0.251 e. The molecule has 0 heterocycles. The van der Waals surface area contributed by atoms with Crippen molar-refractivity contribution < 1.29 is 18.3 Å². The van der Waals surface area contributed by atoms with E-state index in [1.807, 2.05) is 0 Å². The van der Waals surface area contributed by atoms with Gasteiger partial charge in [0.2, 0.25) is 0 Å². The second-order valence-corrected chi connectivity index (χ2v) is 4.53. The minimum atomic E-state index is -1.04. The van der Waals surface area contributed by atoms with E-state index < -0.39 is 17.5 Å². The molecule has 0 spiro atoms. The Morgan fingerprint density at radius 2 is 2.17 bits per heavy atom. The molecule has 0 saturated heterocycles. The van der Waals surface area contributed by atoms with Gasteiger partial charge >= 0.3 is 0 Å². The van der Waals surface area contributed by atoms with E-state index in [1.165, 1.54) is 13.2 Å². The molecule has 18 heavy (non-hydrogen) atoms. The summed E-state index contributed by atoms with van der Waals surface area (Å²) in [5.74, 6) is -2.45. The minimum absolute atomic E-state index is 0.0876. The molecule has 1 aromatic rings. The van der Waals surface area contributed by atoms with E-state index in [-0.39, 0.29) is 11.6 Å². The highest BCUT2D eigenvalue weighted by Gasteiger charge is 2.14. The summed E-state index contributed by atoms with van der Waals surface area (Å²) in [6.45, 7) is 0.362. The van der Waals surface area contributed by atoms with Crippen molar-refractivity contribution in [3.8, 4) is 0 Å². The van der Waals surface area contributed by atoms with E-state index in [4.69, 9.17) is 4.74 Å². The number of amides is 1. The highest BCUT2D eigenvalue weighted by atomic mass is 79.9. The maximum atomic E-state index is 13.0. The van der Waals surface area contributed by atoms with Crippen molar-refractivity contribution in [3.63, 3.8) is 0 Å². The molecule has 0 saturated carbocycles. The van der Waals surface area contributed by atoms with Crippen LogP contribution >= 0.6 is 15.9 Å². The number of alkyl halides is 1. The Kier molecular flexibility index (Phi) is 6.21. The average Bonchev–Trinajstić information content (AvgIpc) is 2.33. The van der Waals surface area contributed by atoms with Crippen LogP contribution in [0.15, 0.2) is 18.2 Å². The molecule has 0 aliphatic carbocycles. The number of carbonyl (C=O) groups excluding carboxylic acids is 1. The van der Waals surface area contributed by atoms with Gasteiger partial charge in [0, 0.05) is 18.0 Å². The Bertz CT molecular complexity index is 409. The first kappa shape index (κ1) is 15.0. The van der Waals surface area contributed by atoms with Crippen LogP contribution in [0, 0.1) is 11.6 Å². The highest BCUT2D eigenvalue weighted by Crippen LogP contribution is 2.09. The number of benzene rings is 1. The van der Waals surface area contributed by atoms with Gasteiger partial charge in [-0.2, -0.15) is 0 Å². The first-order valence-corrected chi connectivity index (χ1v) is 6.51. The molecule has 0 radical (unpaired) electrons.